The Balaban J connectivity index is 1.75. The zero-order valence-corrected chi connectivity index (χ0v) is 14.6. The first kappa shape index (κ1) is 17.5. The Bertz CT molecular complexity index is 776. The van der Waals surface area contributed by atoms with Crippen molar-refractivity contribution in [2.24, 2.45) is 0 Å². The lowest BCUT2D eigenvalue weighted by molar-refractivity contribution is -0.122. The molecule has 0 saturated carbocycles. The predicted molar refractivity (Wildman–Crippen MR) is 103 cm³/mol. The van der Waals surface area contributed by atoms with Gasteiger partial charge in [-0.3, -0.25) is 4.79 Å². The van der Waals surface area contributed by atoms with E-state index in [0.717, 1.165) is 11.3 Å². The molecule has 0 bridgehead atoms. The highest BCUT2D eigenvalue weighted by molar-refractivity contribution is 5.94. The summed E-state index contributed by atoms with van der Waals surface area (Å²) in [5, 5.41) is 2.91. The van der Waals surface area contributed by atoms with Crippen molar-refractivity contribution in [2.45, 2.75) is 12.5 Å². The standard InChI is InChI=1S/C22H21NO3/c1-25-19-14-12-18(13-15-19)23-22(24)21(16-17-8-4-2-5-9-17)26-20-10-6-3-7-11-20/h2-15,21H,16H2,1H3,(H,23,24)/t21-/m0/s1. The van der Waals surface area contributed by atoms with Gasteiger partial charge >= 0.3 is 0 Å². The minimum Gasteiger partial charge on any atom is -0.497 e. The number of anilines is 1. The number of hydrogen-bond acceptors (Lipinski definition) is 3. The van der Waals surface area contributed by atoms with Gasteiger partial charge < -0.3 is 14.8 Å². The Hall–Kier alpha value is -3.27. The third kappa shape index (κ3) is 4.86. The molecule has 0 fully saturated rings. The topological polar surface area (TPSA) is 47.6 Å². The van der Waals surface area contributed by atoms with Crippen molar-refractivity contribution in [3.63, 3.8) is 0 Å². The van der Waals surface area contributed by atoms with Gasteiger partial charge in [-0.1, -0.05) is 48.5 Å². The van der Waals surface area contributed by atoms with Crippen LogP contribution in [-0.2, 0) is 11.2 Å². The van der Waals surface area contributed by atoms with Crippen LogP contribution >= 0.6 is 0 Å². The number of carbonyl (C=O) groups excluding carboxylic acids is 1. The molecular formula is C22H21NO3. The van der Waals surface area contributed by atoms with Crippen molar-refractivity contribution in [3.05, 3.63) is 90.5 Å². The van der Waals surface area contributed by atoms with Crippen LogP contribution in [0.15, 0.2) is 84.9 Å². The summed E-state index contributed by atoms with van der Waals surface area (Å²) in [7, 11) is 1.61. The number of hydrogen-bond donors (Lipinski definition) is 1. The maximum absolute atomic E-state index is 12.8. The number of benzene rings is 3. The molecule has 0 spiro atoms. The Morgan fingerprint density at radius 2 is 1.46 bits per heavy atom. The van der Waals surface area contributed by atoms with E-state index in [9.17, 15) is 4.79 Å². The van der Waals surface area contributed by atoms with Gasteiger partial charge in [0.05, 0.1) is 7.11 Å². The third-order valence-corrected chi connectivity index (χ3v) is 3.94. The minimum absolute atomic E-state index is 0.192. The van der Waals surface area contributed by atoms with Crippen LogP contribution in [-0.4, -0.2) is 19.1 Å². The Morgan fingerprint density at radius 1 is 0.846 bits per heavy atom. The predicted octanol–water partition coefficient (Wildman–Crippen LogP) is 4.32. The first-order valence-electron chi connectivity index (χ1n) is 8.45. The van der Waals surface area contributed by atoms with Crippen LogP contribution in [0.5, 0.6) is 11.5 Å². The van der Waals surface area contributed by atoms with Crippen molar-refractivity contribution in [2.75, 3.05) is 12.4 Å². The van der Waals surface area contributed by atoms with Gasteiger partial charge in [0.25, 0.3) is 5.91 Å². The largest absolute Gasteiger partial charge is 0.497 e. The van der Waals surface area contributed by atoms with E-state index >= 15 is 0 Å². The second-order valence-corrected chi connectivity index (χ2v) is 5.83. The molecule has 3 aromatic rings. The fraction of sp³-hybridized carbons (Fsp3) is 0.136. The molecule has 0 unspecified atom stereocenters. The van der Waals surface area contributed by atoms with Crippen LogP contribution < -0.4 is 14.8 Å². The fourth-order valence-corrected chi connectivity index (χ4v) is 2.58. The van der Waals surface area contributed by atoms with Crippen LogP contribution in [0.4, 0.5) is 5.69 Å². The van der Waals surface area contributed by atoms with E-state index in [-0.39, 0.29) is 5.91 Å². The molecule has 1 N–H and O–H groups in total. The van der Waals surface area contributed by atoms with Crippen molar-refractivity contribution < 1.29 is 14.3 Å². The van der Waals surface area contributed by atoms with E-state index < -0.39 is 6.10 Å². The quantitative estimate of drug-likeness (QED) is 0.692. The molecule has 0 radical (unpaired) electrons. The fourth-order valence-electron chi connectivity index (χ4n) is 2.58. The van der Waals surface area contributed by atoms with E-state index in [4.69, 9.17) is 9.47 Å². The van der Waals surface area contributed by atoms with Gasteiger partial charge in [0.2, 0.25) is 0 Å². The molecular weight excluding hydrogens is 326 g/mol. The molecule has 1 atom stereocenters. The number of amides is 1. The minimum atomic E-state index is -0.637. The first-order valence-corrected chi connectivity index (χ1v) is 8.45. The SMILES string of the molecule is COc1ccc(NC(=O)[C@H](Cc2ccccc2)Oc2ccccc2)cc1. The van der Waals surface area contributed by atoms with Crippen LogP contribution in [0.1, 0.15) is 5.56 Å². The third-order valence-electron chi connectivity index (χ3n) is 3.94. The van der Waals surface area contributed by atoms with Gasteiger partial charge in [-0.2, -0.15) is 0 Å². The van der Waals surface area contributed by atoms with E-state index in [2.05, 4.69) is 5.32 Å². The summed E-state index contributed by atoms with van der Waals surface area (Å²) in [6.07, 6.45) is -0.153. The summed E-state index contributed by atoms with van der Waals surface area (Å²) in [5.41, 5.74) is 1.74. The van der Waals surface area contributed by atoms with E-state index in [1.54, 1.807) is 31.4 Å². The highest BCUT2D eigenvalue weighted by atomic mass is 16.5. The summed E-state index contributed by atoms with van der Waals surface area (Å²) >= 11 is 0. The number of methoxy groups -OCH3 is 1. The molecule has 132 valence electrons. The lowest BCUT2D eigenvalue weighted by Gasteiger charge is -2.19. The summed E-state index contributed by atoms with van der Waals surface area (Å²) in [6, 6.07) is 26.4. The van der Waals surface area contributed by atoms with Gasteiger partial charge in [-0.05, 0) is 42.0 Å². The number of carbonyl (C=O) groups is 1. The van der Waals surface area contributed by atoms with Gasteiger partial charge in [-0.25, -0.2) is 0 Å². The monoisotopic (exact) mass is 347 g/mol. The van der Waals surface area contributed by atoms with Crippen molar-refractivity contribution in [1.82, 2.24) is 0 Å². The second kappa shape index (κ2) is 8.72. The van der Waals surface area contributed by atoms with Crippen LogP contribution in [0.2, 0.25) is 0 Å². The molecule has 4 heteroatoms. The summed E-state index contributed by atoms with van der Waals surface area (Å²) in [4.78, 5) is 12.8. The van der Waals surface area contributed by atoms with Crippen molar-refractivity contribution in [1.29, 1.82) is 0 Å². The molecule has 0 saturated heterocycles. The zero-order chi connectivity index (χ0) is 18.2. The number of para-hydroxylation sites is 1. The highest BCUT2D eigenvalue weighted by Gasteiger charge is 2.21. The van der Waals surface area contributed by atoms with Gasteiger partial charge in [-0.15, -0.1) is 0 Å². The number of rotatable bonds is 7. The van der Waals surface area contributed by atoms with Crippen molar-refractivity contribution in [3.8, 4) is 11.5 Å². The zero-order valence-electron chi connectivity index (χ0n) is 14.6. The van der Waals surface area contributed by atoms with E-state index in [0.29, 0.717) is 17.9 Å². The van der Waals surface area contributed by atoms with Crippen molar-refractivity contribution >= 4 is 11.6 Å². The first-order chi connectivity index (χ1) is 12.7. The van der Waals surface area contributed by atoms with E-state index in [1.807, 2.05) is 60.7 Å². The Morgan fingerprint density at radius 3 is 2.08 bits per heavy atom. The highest BCUT2D eigenvalue weighted by Crippen LogP contribution is 2.18. The van der Waals surface area contributed by atoms with E-state index in [1.165, 1.54) is 0 Å². The molecule has 0 aliphatic heterocycles. The van der Waals surface area contributed by atoms with Crippen LogP contribution in [0, 0.1) is 0 Å². The molecule has 0 aliphatic rings. The Labute approximate surface area is 153 Å². The number of nitrogens with one attached hydrogen (secondary N) is 1. The average Bonchev–Trinajstić information content (AvgIpc) is 2.69. The lowest BCUT2D eigenvalue weighted by atomic mass is 10.1. The lowest BCUT2D eigenvalue weighted by Crippen LogP contribution is -2.35. The molecule has 26 heavy (non-hydrogen) atoms. The maximum atomic E-state index is 12.8. The molecule has 1 amide bonds. The smallest absolute Gasteiger partial charge is 0.265 e. The second-order valence-electron chi connectivity index (χ2n) is 5.83. The molecule has 3 rings (SSSR count). The molecule has 0 aromatic heterocycles. The van der Waals surface area contributed by atoms with Gasteiger partial charge in [0.15, 0.2) is 6.10 Å². The molecule has 4 nitrogen and oxygen atoms in total. The summed E-state index contributed by atoms with van der Waals surface area (Å²) in [6.45, 7) is 0. The Kier molecular flexibility index (Phi) is 5.88. The van der Waals surface area contributed by atoms with Crippen LogP contribution in [0.3, 0.4) is 0 Å². The molecule has 3 aromatic carbocycles. The normalized spacial score (nSPS) is 11.4. The van der Waals surface area contributed by atoms with Gasteiger partial charge in [0.1, 0.15) is 11.5 Å². The van der Waals surface area contributed by atoms with Crippen LogP contribution in [0.25, 0.3) is 0 Å². The number of ether oxygens (including phenoxy) is 2. The average molecular weight is 347 g/mol. The van der Waals surface area contributed by atoms with Gasteiger partial charge in [0, 0.05) is 12.1 Å². The summed E-state index contributed by atoms with van der Waals surface area (Å²) in [5.74, 6) is 1.21. The maximum Gasteiger partial charge on any atom is 0.265 e. The molecule has 0 heterocycles. The molecule has 0 aliphatic carbocycles. The summed E-state index contributed by atoms with van der Waals surface area (Å²) < 4.78 is 11.1.